The van der Waals surface area contributed by atoms with Gasteiger partial charge in [0.15, 0.2) is 5.75 Å². The number of amides is 1. The zero-order valence-corrected chi connectivity index (χ0v) is 20.5. The van der Waals surface area contributed by atoms with E-state index in [1.54, 1.807) is 23.7 Å². The number of hydrogen-bond acceptors (Lipinski definition) is 8. The Balaban J connectivity index is 1.54. The Morgan fingerprint density at radius 2 is 1.89 bits per heavy atom. The molecular formula is C24H21B3N8O2. The normalized spacial score (nSPS) is 12.2. The van der Waals surface area contributed by atoms with Crippen molar-refractivity contribution in [2.75, 3.05) is 10.6 Å². The zero-order valence-electron chi connectivity index (χ0n) is 20.5. The molecule has 6 radical (unpaired) electrons. The van der Waals surface area contributed by atoms with Crippen LogP contribution in [0.3, 0.4) is 0 Å². The predicted molar refractivity (Wildman–Crippen MR) is 143 cm³/mol. The van der Waals surface area contributed by atoms with Gasteiger partial charge in [0.2, 0.25) is 0 Å². The molecule has 0 fully saturated rings. The second kappa shape index (κ2) is 9.31. The first kappa shape index (κ1) is 24.4. The molecule has 0 aliphatic carbocycles. The molecule has 0 saturated heterocycles. The number of anilines is 4. The SMILES string of the molecule is [B]C([B])([B])NC(=O)c1cnc(Nc2cc(C)nc(C)n2)cc1Nc1cccc2c1OCc1cn(C)nc1-2. The summed E-state index contributed by atoms with van der Waals surface area (Å²) in [6.45, 7) is 4.04. The highest BCUT2D eigenvalue weighted by Gasteiger charge is 2.24. The topological polar surface area (TPSA) is 119 Å². The van der Waals surface area contributed by atoms with Crippen molar-refractivity contribution in [3.8, 4) is 17.0 Å². The highest BCUT2D eigenvalue weighted by molar-refractivity contribution is 6.60. The van der Waals surface area contributed by atoms with Crippen LogP contribution in [0, 0.1) is 13.8 Å². The van der Waals surface area contributed by atoms with Gasteiger partial charge in [-0.2, -0.15) is 5.10 Å². The van der Waals surface area contributed by atoms with Gasteiger partial charge >= 0.3 is 0 Å². The summed E-state index contributed by atoms with van der Waals surface area (Å²) in [5.41, 5.74) is 4.68. The Hall–Kier alpha value is -4.28. The number of carbonyl (C=O) groups is 1. The van der Waals surface area contributed by atoms with Crippen molar-refractivity contribution >= 4 is 52.5 Å². The van der Waals surface area contributed by atoms with Crippen molar-refractivity contribution in [1.82, 2.24) is 30.0 Å². The number of fused-ring (bicyclic) bond motifs is 3. The number of benzene rings is 1. The van der Waals surface area contributed by atoms with Gasteiger partial charge in [-0.05, 0) is 26.0 Å². The van der Waals surface area contributed by atoms with Gasteiger partial charge in [-0.3, -0.25) is 9.48 Å². The Kier molecular flexibility index (Phi) is 6.14. The largest absolute Gasteiger partial charge is 0.486 e. The van der Waals surface area contributed by atoms with Crippen LogP contribution in [0.2, 0.25) is 0 Å². The van der Waals surface area contributed by atoms with Gasteiger partial charge in [-0.15, -0.1) is 0 Å². The second-order valence-electron chi connectivity index (χ2n) is 8.84. The van der Waals surface area contributed by atoms with Crippen molar-refractivity contribution in [3.63, 3.8) is 0 Å². The highest BCUT2D eigenvalue weighted by atomic mass is 16.5. The first-order valence-corrected chi connectivity index (χ1v) is 11.4. The van der Waals surface area contributed by atoms with Crippen molar-refractivity contribution < 1.29 is 9.53 Å². The summed E-state index contributed by atoms with van der Waals surface area (Å²) >= 11 is 0. The minimum Gasteiger partial charge on any atom is -0.486 e. The molecule has 1 aliphatic heterocycles. The predicted octanol–water partition coefficient (Wildman–Crippen LogP) is 2.12. The molecule has 1 aliphatic rings. The number of carbonyl (C=O) groups excluding carboxylic acids is 1. The summed E-state index contributed by atoms with van der Waals surface area (Å²) in [5.74, 6) is 1.62. The van der Waals surface area contributed by atoms with Crippen LogP contribution in [0.15, 0.2) is 42.7 Å². The number of ether oxygens (including phenoxy) is 1. The van der Waals surface area contributed by atoms with Crippen LogP contribution in [-0.4, -0.2) is 59.4 Å². The van der Waals surface area contributed by atoms with E-state index in [-0.39, 0.29) is 5.56 Å². The van der Waals surface area contributed by atoms with Crippen LogP contribution >= 0.6 is 0 Å². The smallest absolute Gasteiger partial charge is 0.253 e. The van der Waals surface area contributed by atoms with E-state index in [0.717, 1.165) is 22.5 Å². The van der Waals surface area contributed by atoms with E-state index >= 15 is 0 Å². The summed E-state index contributed by atoms with van der Waals surface area (Å²) < 4.78 is 7.83. The maximum Gasteiger partial charge on any atom is 0.253 e. The summed E-state index contributed by atoms with van der Waals surface area (Å²) in [6, 6.07) is 9.12. The summed E-state index contributed by atoms with van der Waals surface area (Å²) in [5, 5.41) is 11.5. The summed E-state index contributed by atoms with van der Waals surface area (Å²) in [4.78, 5) is 26.0. The molecule has 0 spiro atoms. The number of para-hydroxylation sites is 1. The first-order chi connectivity index (χ1) is 17.6. The van der Waals surface area contributed by atoms with E-state index in [4.69, 9.17) is 28.3 Å². The fourth-order valence-electron chi connectivity index (χ4n) is 4.13. The van der Waals surface area contributed by atoms with Crippen LogP contribution in [0.1, 0.15) is 27.4 Å². The maximum absolute atomic E-state index is 13.0. The molecule has 37 heavy (non-hydrogen) atoms. The first-order valence-electron chi connectivity index (χ1n) is 11.4. The standard InChI is InChI=1S/C24H21B3N8O2/c1-12-7-20(30-13(2)29-12)32-19-8-18(16(9-28-19)23(36)33-24(25,26)27)31-17-6-4-5-15-21-14(10-35(3)34-21)11-37-22(15)17/h4-10H,11H2,1-3H3,(H,33,36)(H2,28,29,30,31,32). The van der Waals surface area contributed by atoms with Crippen LogP contribution in [0.4, 0.5) is 23.0 Å². The molecule has 3 aromatic heterocycles. The molecule has 3 N–H and O–H groups in total. The molecule has 1 amide bonds. The molecule has 0 atom stereocenters. The van der Waals surface area contributed by atoms with E-state index in [9.17, 15) is 4.79 Å². The monoisotopic (exact) mass is 486 g/mol. The average Bonchev–Trinajstić information content (AvgIpc) is 3.18. The summed E-state index contributed by atoms with van der Waals surface area (Å²) in [6.07, 6.45) is 3.32. The third-order valence-electron chi connectivity index (χ3n) is 5.52. The van der Waals surface area contributed by atoms with Gasteiger partial charge in [0.25, 0.3) is 5.91 Å². The molecule has 178 valence electrons. The van der Waals surface area contributed by atoms with Gasteiger partial charge in [0.05, 0.1) is 40.5 Å². The number of hydrogen-bond donors (Lipinski definition) is 3. The molecule has 13 heteroatoms. The van der Waals surface area contributed by atoms with Crippen molar-refractivity contribution in [2.24, 2.45) is 7.05 Å². The molecule has 5 rings (SSSR count). The van der Waals surface area contributed by atoms with Crippen molar-refractivity contribution in [2.45, 2.75) is 25.7 Å². The molecule has 0 bridgehead atoms. The lowest BCUT2D eigenvalue weighted by Gasteiger charge is -2.24. The van der Waals surface area contributed by atoms with Gasteiger partial charge in [0.1, 0.15) is 29.8 Å². The fourth-order valence-corrected chi connectivity index (χ4v) is 4.13. The van der Waals surface area contributed by atoms with E-state index in [1.807, 2.05) is 38.4 Å². The number of rotatable bonds is 6. The van der Waals surface area contributed by atoms with Crippen molar-refractivity contribution in [3.05, 3.63) is 65.4 Å². The molecule has 4 aromatic rings. The second-order valence-corrected chi connectivity index (χ2v) is 8.84. The molecular weight excluding hydrogens is 465 g/mol. The highest BCUT2D eigenvalue weighted by Crippen LogP contribution is 2.42. The lowest BCUT2D eigenvalue weighted by Crippen LogP contribution is -2.50. The summed E-state index contributed by atoms with van der Waals surface area (Å²) in [7, 11) is 18.7. The van der Waals surface area contributed by atoms with Gasteiger partial charge in [0, 0.05) is 48.4 Å². The van der Waals surface area contributed by atoms with E-state index < -0.39 is 11.1 Å². The van der Waals surface area contributed by atoms with Gasteiger partial charge in [-0.25, -0.2) is 15.0 Å². The Bertz CT molecular complexity index is 1500. The molecule has 4 heterocycles. The Morgan fingerprint density at radius 1 is 1.08 bits per heavy atom. The van der Waals surface area contributed by atoms with Crippen molar-refractivity contribution in [1.29, 1.82) is 0 Å². The Morgan fingerprint density at radius 3 is 2.65 bits per heavy atom. The molecule has 0 unspecified atom stereocenters. The van der Waals surface area contributed by atoms with E-state index in [1.165, 1.54) is 6.20 Å². The maximum atomic E-state index is 13.0. The third kappa shape index (κ3) is 5.30. The minimum absolute atomic E-state index is 0.165. The molecule has 10 nitrogen and oxygen atoms in total. The average molecular weight is 486 g/mol. The Labute approximate surface area is 217 Å². The van der Waals surface area contributed by atoms with Crippen LogP contribution in [0.25, 0.3) is 11.3 Å². The van der Waals surface area contributed by atoms with Gasteiger partial charge < -0.3 is 20.7 Å². The van der Waals surface area contributed by atoms with Crippen LogP contribution in [-0.2, 0) is 13.7 Å². The number of nitrogens with one attached hydrogen (secondary N) is 3. The lowest BCUT2D eigenvalue weighted by molar-refractivity contribution is 0.0953. The zero-order chi connectivity index (χ0) is 26.3. The molecule has 1 aromatic carbocycles. The number of aryl methyl sites for hydroxylation is 3. The molecule has 0 saturated carbocycles. The quantitative estimate of drug-likeness (QED) is 0.355. The van der Waals surface area contributed by atoms with E-state index in [0.29, 0.717) is 41.2 Å². The fraction of sp³-hybridized carbons (Fsp3) is 0.208. The number of aromatic nitrogens is 5. The third-order valence-corrected chi connectivity index (χ3v) is 5.52. The van der Waals surface area contributed by atoms with Gasteiger partial charge in [-0.1, -0.05) is 11.3 Å². The lowest BCUT2D eigenvalue weighted by atomic mass is 9.49. The van der Waals surface area contributed by atoms with Crippen LogP contribution < -0.4 is 20.7 Å². The van der Waals surface area contributed by atoms with Crippen LogP contribution in [0.5, 0.6) is 5.75 Å². The van der Waals surface area contributed by atoms with E-state index in [2.05, 4.69) is 36.0 Å². The minimum atomic E-state index is -1.91. The number of pyridine rings is 1. The number of nitrogens with zero attached hydrogens (tertiary/aromatic N) is 5.